The van der Waals surface area contributed by atoms with Gasteiger partial charge in [-0.25, -0.2) is 9.59 Å². The largest absolute Gasteiger partial charge is 0.505 e. The third kappa shape index (κ3) is 45.4. The second-order valence-corrected chi connectivity index (χ2v) is 12.7. The molecule has 0 aromatic heterocycles. The Bertz CT molecular complexity index is 343. The van der Waals surface area contributed by atoms with Gasteiger partial charge in [-0.2, -0.15) is 0 Å². The number of ether oxygens (including phenoxy) is 1. The molecule has 0 heterocycles. The van der Waals surface area contributed by atoms with Crippen LogP contribution in [0.25, 0.3) is 0 Å². The van der Waals surface area contributed by atoms with Gasteiger partial charge in [0, 0.05) is 49.6 Å². The molecule has 0 spiro atoms. The summed E-state index contributed by atoms with van der Waals surface area (Å²) in [4.78, 5) is 30.7. The summed E-state index contributed by atoms with van der Waals surface area (Å²) in [5.74, 6) is 0. The number of hydrogen-bond donors (Lipinski definition) is 4. The summed E-state index contributed by atoms with van der Waals surface area (Å²) in [6.07, 6.45) is -1.87. The van der Waals surface area contributed by atoms with Crippen LogP contribution in [-0.2, 0) is 45.6 Å². The average molecular weight is 759 g/mol. The number of carbonyl (C=O) groups excluding carboxylic acids is 1. The van der Waals surface area contributed by atoms with Gasteiger partial charge in [-0.05, 0) is 5.38 Å². The number of amides is 2. The number of thioether (sulfide) groups is 1. The van der Waals surface area contributed by atoms with Crippen molar-refractivity contribution in [3.05, 3.63) is 14.9 Å². The normalized spacial score (nSPS) is 8.08. The maximum absolute atomic E-state index is 11.0. The van der Waals surface area contributed by atoms with E-state index in [9.17, 15) is 14.4 Å². The molecule has 0 atom stereocenters. The molecule has 0 rings (SSSR count). The molecule has 4 N–H and O–H groups in total. The van der Waals surface area contributed by atoms with Crippen molar-refractivity contribution < 1.29 is 70.2 Å². The molecule has 8 nitrogen and oxygen atoms in total. The minimum atomic E-state index is -1.16. The molecule has 0 aromatic rings. The van der Waals surface area contributed by atoms with Crippen LogP contribution in [0.4, 0.5) is 14.4 Å². The van der Waals surface area contributed by atoms with E-state index in [2.05, 4.69) is 23.1 Å². The fourth-order valence-electron chi connectivity index (χ4n) is 0.723. The average Bonchev–Trinajstić information content (AvgIpc) is 2.34. The van der Waals surface area contributed by atoms with Crippen molar-refractivity contribution in [2.45, 2.75) is 26.2 Å². The van der Waals surface area contributed by atoms with Crippen molar-refractivity contribution in [3.8, 4) is 0 Å². The van der Waals surface area contributed by atoms with E-state index >= 15 is 0 Å². The fraction of sp³-hybridized carbons (Fsp3) is 0.583. The molecule has 154 valence electrons. The van der Waals surface area contributed by atoms with Gasteiger partial charge in [-0.3, -0.25) is 4.79 Å². The number of carbonyl (C=O) groups is 3. The number of hydrogen-bond acceptors (Lipinski definition) is 5. The zero-order valence-corrected chi connectivity index (χ0v) is 24.0. The van der Waals surface area contributed by atoms with Crippen molar-refractivity contribution in [2.75, 3.05) is 18.3 Å². The topological polar surface area (TPSA) is 125 Å². The molecule has 2 amide bonds. The molecule has 0 aliphatic carbocycles. The van der Waals surface area contributed by atoms with E-state index in [0.717, 1.165) is 5.38 Å². The number of rotatable bonds is 6. The molecule has 0 fully saturated rings. The van der Waals surface area contributed by atoms with Gasteiger partial charge < -0.3 is 40.4 Å². The van der Waals surface area contributed by atoms with Crippen LogP contribution in [-0.4, -0.2) is 63.6 Å². The third-order valence-corrected chi connectivity index (χ3v) is 6.13. The van der Waals surface area contributed by atoms with Gasteiger partial charge in [-0.15, -0.1) is 0 Å². The van der Waals surface area contributed by atoms with Gasteiger partial charge >= 0.3 is 12.2 Å². The summed E-state index contributed by atoms with van der Waals surface area (Å²) in [7, 11) is -1.54. The second-order valence-electron chi connectivity index (χ2n) is 4.80. The van der Waals surface area contributed by atoms with Gasteiger partial charge in [0.1, 0.15) is 0 Å². The molecule has 0 aromatic carbocycles. The molecule has 25 heavy (non-hydrogen) atoms. The molecule has 0 aliphatic rings. The van der Waals surface area contributed by atoms with Crippen molar-refractivity contribution >= 4 is 46.8 Å². The summed E-state index contributed by atoms with van der Waals surface area (Å²) in [5, 5.41) is 21.3. The van der Waals surface area contributed by atoms with Crippen molar-refractivity contribution in [2.24, 2.45) is 0 Å². The predicted molar refractivity (Wildman–Crippen MR) is 102 cm³/mol. The maximum Gasteiger partial charge on any atom is 0.505 e. The van der Waals surface area contributed by atoms with E-state index in [4.69, 9.17) is 10.2 Å². The quantitative estimate of drug-likeness (QED) is 0.142. The smallest absolute Gasteiger partial charge is 0.465 e. The van der Waals surface area contributed by atoms with Crippen molar-refractivity contribution in [1.82, 2.24) is 10.6 Å². The van der Waals surface area contributed by atoms with Crippen molar-refractivity contribution in [1.29, 1.82) is 0 Å². The Labute approximate surface area is 186 Å². The molecule has 2 radical (unpaired) electrons. The Balaban J connectivity index is -0.0000000671. The second kappa shape index (κ2) is 26.3. The van der Waals surface area contributed by atoms with Crippen molar-refractivity contribution in [3.63, 3.8) is 0 Å². The first-order valence-electron chi connectivity index (χ1n) is 6.38. The number of nitrogens with one attached hydrogen (secondary N) is 2. The third-order valence-electron chi connectivity index (χ3n) is 1.56. The first-order chi connectivity index (χ1) is 9.65. The standard InChI is InChI=1S/C6H14N2O3SSi.C4H10O3Si.2CH3.2Re/c1-13(2)4-12-6(11)8-3-7-5(9)10;1-8(2)3-7-4(5)6;;;;/h7,13H,3-4H2,1-2H3,(H,8,11)(H,9,10);8H,3H2,1-2H3,(H,5,6);2*1H3;;/q;;2*-1;;. The van der Waals surface area contributed by atoms with Gasteiger partial charge in [0.25, 0.3) is 5.24 Å². The zero-order chi connectivity index (χ0) is 16.8. The Morgan fingerprint density at radius 3 is 1.72 bits per heavy atom. The molecule has 0 aliphatic heterocycles. The van der Waals surface area contributed by atoms with Crippen LogP contribution >= 0.6 is 11.8 Å². The summed E-state index contributed by atoms with van der Waals surface area (Å²) >= 11 is 1.21. The van der Waals surface area contributed by atoms with Crippen LogP contribution in [0.3, 0.4) is 0 Å². The van der Waals surface area contributed by atoms with Crippen LogP contribution in [0, 0.1) is 14.9 Å². The summed E-state index contributed by atoms with van der Waals surface area (Å²) in [6.45, 7) is 8.33. The van der Waals surface area contributed by atoms with Crippen LogP contribution in [0.1, 0.15) is 0 Å². The van der Waals surface area contributed by atoms with E-state index in [1.54, 1.807) is 0 Å². The Morgan fingerprint density at radius 1 is 0.960 bits per heavy atom. The van der Waals surface area contributed by atoms with Gasteiger partial charge in [0.05, 0.1) is 21.7 Å². The molecule has 0 saturated carbocycles. The molecule has 0 saturated heterocycles. The molecule has 0 bridgehead atoms. The predicted octanol–water partition coefficient (Wildman–Crippen LogP) is 2.28. The minimum absolute atomic E-state index is 0. The fourth-order valence-corrected chi connectivity index (χ4v) is 3.31. The van der Waals surface area contributed by atoms with E-state index in [1.807, 2.05) is 18.4 Å². The first-order valence-corrected chi connectivity index (χ1v) is 13.6. The Hall–Kier alpha value is 0.118. The van der Waals surface area contributed by atoms with Crippen LogP contribution in [0.2, 0.25) is 26.2 Å². The zero-order valence-electron chi connectivity index (χ0n) is 15.5. The van der Waals surface area contributed by atoms with E-state index < -0.39 is 29.8 Å². The number of carboxylic acid groups (broad SMARTS) is 2. The van der Waals surface area contributed by atoms with Gasteiger partial charge in [-0.1, -0.05) is 37.9 Å². The maximum atomic E-state index is 11.0. The summed E-state index contributed by atoms with van der Waals surface area (Å²) in [6, 6.07) is 0. The summed E-state index contributed by atoms with van der Waals surface area (Å²) in [5.41, 5.74) is 0. The first kappa shape index (κ1) is 40.0. The van der Waals surface area contributed by atoms with E-state index in [1.165, 1.54) is 11.8 Å². The minimum Gasteiger partial charge on any atom is -0.465 e. The molecule has 0 unspecified atom stereocenters. The van der Waals surface area contributed by atoms with Gasteiger partial charge in [0.15, 0.2) is 0 Å². The molecular weight excluding hydrogens is 729 g/mol. The molecule has 13 heteroatoms. The molecular formula is C12H30N2O6Re2SSi2-2. The summed E-state index contributed by atoms with van der Waals surface area (Å²) < 4.78 is 4.28. The van der Waals surface area contributed by atoms with Crippen LogP contribution < -0.4 is 10.6 Å². The monoisotopic (exact) mass is 760 g/mol. The Morgan fingerprint density at radius 2 is 1.44 bits per heavy atom. The van der Waals surface area contributed by atoms with Crippen LogP contribution in [0.5, 0.6) is 0 Å². The van der Waals surface area contributed by atoms with E-state index in [0.29, 0.717) is 6.23 Å². The van der Waals surface area contributed by atoms with Gasteiger partial charge in [0.2, 0.25) is 0 Å². The SMILES string of the molecule is C[SiH](C)COC(=O)O.C[SiH](C)CSC(=O)NCNC(=O)O.[CH3-].[CH3-].[Re].[Re]. The van der Waals surface area contributed by atoms with Crippen LogP contribution in [0.15, 0.2) is 0 Å². The van der Waals surface area contributed by atoms with E-state index in [-0.39, 0.29) is 67.6 Å². The Kier molecular flexibility index (Phi) is 42.1.